The zero-order valence-corrected chi connectivity index (χ0v) is 15.6. The van der Waals surface area contributed by atoms with Gasteiger partial charge in [-0.15, -0.1) is 0 Å². The van der Waals surface area contributed by atoms with Crippen LogP contribution in [0.3, 0.4) is 0 Å². The van der Waals surface area contributed by atoms with E-state index in [1.54, 1.807) is 48.5 Å². The maximum absolute atomic E-state index is 12.4. The number of carbonyl (C=O) groups is 3. The molecule has 9 heteroatoms. The number of anilines is 2. The number of rotatable bonds is 6. The van der Waals surface area contributed by atoms with Crippen LogP contribution in [0.5, 0.6) is 0 Å². The Hall–Kier alpha value is -4.01. The summed E-state index contributed by atoms with van der Waals surface area (Å²) >= 11 is 0. The van der Waals surface area contributed by atoms with Crippen molar-refractivity contribution in [1.82, 2.24) is 14.9 Å². The van der Waals surface area contributed by atoms with Crippen molar-refractivity contribution in [3.8, 4) is 0 Å². The van der Waals surface area contributed by atoms with Gasteiger partial charge in [0, 0.05) is 18.3 Å². The number of para-hydroxylation sites is 1. The summed E-state index contributed by atoms with van der Waals surface area (Å²) in [5, 5.41) is 8.14. The molecule has 0 spiro atoms. The zero-order valence-electron chi connectivity index (χ0n) is 15.6. The summed E-state index contributed by atoms with van der Waals surface area (Å²) in [6.45, 7) is 0.915. The molecule has 1 heterocycles. The number of nitrogens with zero attached hydrogens (tertiary/aromatic N) is 2. The van der Waals surface area contributed by atoms with Gasteiger partial charge in [0.1, 0.15) is 6.54 Å². The standard InChI is InChI=1S/C20H19N5O4/c1-13(26)23-14-6-8-15(9-7-14)24-18(27)10-21-19(28)11-25-12-22-17-5-3-2-4-16(17)20(25)29/h2-9,12H,10-11H2,1H3,(H,21,28)(H,23,26)(H,24,27). The average Bonchev–Trinajstić information content (AvgIpc) is 2.70. The second-order valence-corrected chi connectivity index (χ2v) is 6.28. The molecule has 9 nitrogen and oxygen atoms in total. The van der Waals surface area contributed by atoms with E-state index in [4.69, 9.17) is 0 Å². The van der Waals surface area contributed by atoms with Gasteiger partial charge in [0.15, 0.2) is 0 Å². The van der Waals surface area contributed by atoms with Gasteiger partial charge in [0.2, 0.25) is 17.7 Å². The van der Waals surface area contributed by atoms with Crippen LogP contribution in [0.15, 0.2) is 59.7 Å². The molecule has 0 aliphatic heterocycles. The molecule has 2 aromatic carbocycles. The predicted molar refractivity (Wildman–Crippen MR) is 108 cm³/mol. The largest absolute Gasteiger partial charge is 0.345 e. The molecule has 0 bridgehead atoms. The Morgan fingerprint density at radius 1 is 0.931 bits per heavy atom. The minimum Gasteiger partial charge on any atom is -0.345 e. The van der Waals surface area contributed by atoms with E-state index < -0.39 is 11.8 Å². The second kappa shape index (κ2) is 8.79. The van der Waals surface area contributed by atoms with Gasteiger partial charge < -0.3 is 16.0 Å². The summed E-state index contributed by atoms with van der Waals surface area (Å²) in [5.74, 6) is -1.10. The highest BCUT2D eigenvalue weighted by molar-refractivity contribution is 5.95. The van der Waals surface area contributed by atoms with Crippen LogP contribution in [-0.2, 0) is 20.9 Å². The van der Waals surface area contributed by atoms with E-state index in [9.17, 15) is 19.2 Å². The monoisotopic (exact) mass is 393 g/mol. The van der Waals surface area contributed by atoms with Gasteiger partial charge in [-0.05, 0) is 36.4 Å². The van der Waals surface area contributed by atoms with Crippen molar-refractivity contribution >= 4 is 40.0 Å². The van der Waals surface area contributed by atoms with Crippen LogP contribution in [0.1, 0.15) is 6.92 Å². The average molecular weight is 393 g/mol. The Morgan fingerprint density at radius 3 is 2.28 bits per heavy atom. The van der Waals surface area contributed by atoms with E-state index in [1.165, 1.54) is 17.8 Å². The van der Waals surface area contributed by atoms with Gasteiger partial charge in [0.05, 0.1) is 23.8 Å². The Morgan fingerprint density at radius 2 is 1.59 bits per heavy atom. The van der Waals surface area contributed by atoms with E-state index in [1.807, 2.05) is 0 Å². The van der Waals surface area contributed by atoms with Gasteiger partial charge in [-0.25, -0.2) is 4.98 Å². The minimum atomic E-state index is -0.486. The SMILES string of the molecule is CC(=O)Nc1ccc(NC(=O)CNC(=O)Cn2cnc3ccccc3c2=O)cc1. The highest BCUT2D eigenvalue weighted by Gasteiger charge is 2.10. The van der Waals surface area contributed by atoms with Crippen molar-refractivity contribution in [3.63, 3.8) is 0 Å². The van der Waals surface area contributed by atoms with Crippen molar-refractivity contribution in [2.24, 2.45) is 0 Å². The van der Waals surface area contributed by atoms with Crippen molar-refractivity contribution in [2.75, 3.05) is 17.2 Å². The van der Waals surface area contributed by atoms with Crippen molar-refractivity contribution in [2.45, 2.75) is 13.5 Å². The van der Waals surface area contributed by atoms with Crippen LogP contribution in [0, 0.1) is 0 Å². The Balaban J connectivity index is 1.53. The molecule has 3 amide bonds. The van der Waals surface area contributed by atoms with Crippen molar-refractivity contribution in [3.05, 3.63) is 65.2 Å². The third kappa shape index (κ3) is 5.25. The Bertz CT molecular complexity index is 1120. The van der Waals surface area contributed by atoms with Crippen molar-refractivity contribution < 1.29 is 14.4 Å². The highest BCUT2D eigenvalue weighted by atomic mass is 16.2. The number of aromatic nitrogens is 2. The third-order valence-electron chi connectivity index (χ3n) is 3.98. The van der Waals surface area contributed by atoms with Crippen LogP contribution in [-0.4, -0.2) is 33.8 Å². The van der Waals surface area contributed by atoms with E-state index in [-0.39, 0.29) is 24.6 Å². The van der Waals surface area contributed by atoms with Crippen LogP contribution >= 0.6 is 0 Å². The van der Waals surface area contributed by atoms with Gasteiger partial charge in [-0.1, -0.05) is 12.1 Å². The number of nitrogens with one attached hydrogen (secondary N) is 3. The van der Waals surface area contributed by atoms with Gasteiger partial charge in [-0.2, -0.15) is 0 Å². The summed E-state index contributed by atoms with van der Waals surface area (Å²) < 4.78 is 1.19. The molecule has 1 aromatic heterocycles. The molecule has 0 radical (unpaired) electrons. The summed E-state index contributed by atoms with van der Waals surface area (Å²) in [4.78, 5) is 51.6. The maximum atomic E-state index is 12.4. The summed E-state index contributed by atoms with van der Waals surface area (Å²) in [5.41, 5.74) is 1.36. The van der Waals surface area contributed by atoms with E-state index in [0.717, 1.165) is 0 Å². The van der Waals surface area contributed by atoms with Gasteiger partial charge in [0.25, 0.3) is 5.56 Å². The molecule has 0 saturated carbocycles. The molecule has 0 saturated heterocycles. The highest BCUT2D eigenvalue weighted by Crippen LogP contribution is 2.13. The fourth-order valence-electron chi connectivity index (χ4n) is 2.65. The van der Waals surface area contributed by atoms with Crippen LogP contribution < -0.4 is 21.5 Å². The fourth-order valence-corrected chi connectivity index (χ4v) is 2.65. The number of benzene rings is 2. The lowest BCUT2D eigenvalue weighted by Gasteiger charge is -2.09. The summed E-state index contributed by atoms with van der Waals surface area (Å²) in [7, 11) is 0. The lowest BCUT2D eigenvalue weighted by Crippen LogP contribution is -2.37. The molecule has 0 aliphatic carbocycles. The van der Waals surface area contributed by atoms with Gasteiger partial charge in [-0.3, -0.25) is 23.7 Å². The number of fused-ring (bicyclic) bond motifs is 1. The molecule has 0 aliphatic rings. The topological polar surface area (TPSA) is 122 Å². The van der Waals surface area contributed by atoms with Crippen LogP contribution in [0.25, 0.3) is 10.9 Å². The molecule has 3 N–H and O–H groups in total. The fraction of sp³-hybridized carbons (Fsp3) is 0.150. The third-order valence-corrected chi connectivity index (χ3v) is 3.98. The first-order valence-electron chi connectivity index (χ1n) is 8.81. The predicted octanol–water partition coefficient (Wildman–Crippen LogP) is 1.11. The first-order chi connectivity index (χ1) is 13.9. The minimum absolute atomic E-state index is 0.190. The van der Waals surface area contributed by atoms with Crippen molar-refractivity contribution in [1.29, 1.82) is 0 Å². The zero-order chi connectivity index (χ0) is 20.8. The van der Waals surface area contributed by atoms with Gasteiger partial charge >= 0.3 is 0 Å². The first kappa shape index (κ1) is 19.7. The van der Waals surface area contributed by atoms with E-state index >= 15 is 0 Å². The molecule has 0 fully saturated rings. The molecule has 0 atom stereocenters. The molecular weight excluding hydrogens is 374 g/mol. The van der Waals surface area contributed by atoms with E-state index in [2.05, 4.69) is 20.9 Å². The number of amides is 3. The van der Waals surface area contributed by atoms with E-state index in [0.29, 0.717) is 22.3 Å². The lowest BCUT2D eigenvalue weighted by atomic mass is 10.2. The molecular formula is C20H19N5O4. The maximum Gasteiger partial charge on any atom is 0.261 e. The summed E-state index contributed by atoms with van der Waals surface area (Å²) in [6.07, 6.45) is 1.31. The first-order valence-corrected chi connectivity index (χ1v) is 8.81. The number of hydrogen-bond donors (Lipinski definition) is 3. The molecule has 0 unspecified atom stereocenters. The van der Waals surface area contributed by atoms with Crippen LogP contribution in [0.4, 0.5) is 11.4 Å². The number of carbonyl (C=O) groups excluding carboxylic acids is 3. The lowest BCUT2D eigenvalue weighted by molar-refractivity contribution is -0.124. The molecule has 3 aromatic rings. The normalized spacial score (nSPS) is 10.4. The van der Waals surface area contributed by atoms with Crippen LogP contribution in [0.2, 0.25) is 0 Å². The Kier molecular flexibility index (Phi) is 5.98. The molecule has 3 rings (SSSR count). The molecule has 29 heavy (non-hydrogen) atoms. The smallest absolute Gasteiger partial charge is 0.261 e. The number of hydrogen-bond acceptors (Lipinski definition) is 5. The quantitative estimate of drug-likeness (QED) is 0.579. The summed E-state index contributed by atoms with van der Waals surface area (Å²) in [6, 6.07) is 13.4. The Labute approximate surface area is 165 Å². The molecule has 148 valence electrons. The second-order valence-electron chi connectivity index (χ2n) is 6.28.